The standard InChI is InChI=1S/C11H24.C9H14O/c1-3-5-7-9-11-10-8-6-4-2;1-7-4-8(10)6-9(2,3)5-7/h3-11H2,1-2H3;4H,5-6H2,1-3H3. The highest BCUT2D eigenvalue weighted by Gasteiger charge is 2.25. The first-order valence-electron chi connectivity index (χ1n) is 9.11. The van der Waals surface area contributed by atoms with Crippen LogP contribution in [0.3, 0.4) is 0 Å². The summed E-state index contributed by atoms with van der Waals surface area (Å²) < 4.78 is 0. The Morgan fingerprint density at radius 1 is 0.857 bits per heavy atom. The summed E-state index contributed by atoms with van der Waals surface area (Å²) in [5.41, 5.74) is 1.43. The van der Waals surface area contributed by atoms with E-state index in [-0.39, 0.29) is 11.2 Å². The molecule has 0 saturated heterocycles. The van der Waals surface area contributed by atoms with Gasteiger partial charge in [0.25, 0.3) is 0 Å². The van der Waals surface area contributed by atoms with Gasteiger partial charge < -0.3 is 0 Å². The molecule has 1 aliphatic carbocycles. The van der Waals surface area contributed by atoms with Gasteiger partial charge in [-0.15, -0.1) is 0 Å². The average Bonchev–Trinajstić information content (AvgIpc) is 2.35. The van der Waals surface area contributed by atoms with Crippen LogP contribution in [0.1, 0.15) is 105 Å². The molecule has 0 radical (unpaired) electrons. The summed E-state index contributed by atoms with van der Waals surface area (Å²) in [5.74, 6) is 0.286. The molecule has 0 amide bonds. The van der Waals surface area contributed by atoms with Crippen molar-refractivity contribution in [3.05, 3.63) is 11.6 Å². The summed E-state index contributed by atoms with van der Waals surface area (Å²) in [7, 11) is 0. The van der Waals surface area contributed by atoms with E-state index in [9.17, 15) is 4.79 Å². The highest BCUT2D eigenvalue weighted by Crippen LogP contribution is 2.32. The van der Waals surface area contributed by atoms with Crippen molar-refractivity contribution >= 4 is 5.78 Å². The van der Waals surface area contributed by atoms with Crippen molar-refractivity contribution in [2.24, 2.45) is 5.41 Å². The van der Waals surface area contributed by atoms with E-state index in [0.29, 0.717) is 6.42 Å². The second-order valence-corrected chi connectivity index (χ2v) is 7.45. The van der Waals surface area contributed by atoms with Gasteiger partial charge in [0.15, 0.2) is 5.78 Å². The fraction of sp³-hybridized carbons (Fsp3) is 0.850. The maximum Gasteiger partial charge on any atom is 0.156 e. The number of hydrogen-bond donors (Lipinski definition) is 0. The molecular weight excluding hydrogens is 256 g/mol. The summed E-state index contributed by atoms with van der Waals surface area (Å²) in [4.78, 5) is 11.0. The van der Waals surface area contributed by atoms with Crippen molar-refractivity contribution < 1.29 is 4.79 Å². The molecule has 0 aliphatic heterocycles. The average molecular weight is 295 g/mol. The van der Waals surface area contributed by atoms with E-state index in [1.54, 1.807) is 6.08 Å². The lowest BCUT2D eigenvalue weighted by Crippen LogP contribution is -2.20. The van der Waals surface area contributed by atoms with E-state index < -0.39 is 0 Å². The van der Waals surface area contributed by atoms with Gasteiger partial charge in [-0.2, -0.15) is 0 Å². The second kappa shape index (κ2) is 12.0. The van der Waals surface area contributed by atoms with Crippen molar-refractivity contribution in [2.45, 2.75) is 105 Å². The molecule has 1 nitrogen and oxygen atoms in total. The third kappa shape index (κ3) is 12.8. The van der Waals surface area contributed by atoms with Gasteiger partial charge in [0, 0.05) is 6.42 Å². The Kier molecular flexibility index (Phi) is 11.7. The third-order valence-electron chi connectivity index (χ3n) is 4.02. The maximum absolute atomic E-state index is 11.0. The van der Waals surface area contributed by atoms with Crippen molar-refractivity contribution in [3.63, 3.8) is 0 Å². The predicted octanol–water partition coefficient (Wildman–Crippen LogP) is 6.86. The van der Waals surface area contributed by atoms with Crippen molar-refractivity contribution in [2.75, 3.05) is 0 Å². The van der Waals surface area contributed by atoms with Crippen molar-refractivity contribution in [3.8, 4) is 0 Å². The van der Waals surface area contributed by atoms with Gasteiger partial charge in [-0.3, -0.25) is 4.79 Å². The molecule has 0 heterocycles. The van der Waals surface area contributed by atoms with Gasteiger partial charge >= 0.3 is 0 Å². The lowest BCUT2D eigenvalue weighted by Gasteiger charge is -2.27. The van der Waals surface area contributed by atoms with Gasteiger partial charge in [0.2, 0.25) is 0 Å². The molecule has 1 heteroatoms. The van der Waals surface area contributed by atoms with Gasteiger partial charge in [-0.1, -0.05) is 91.1 Å². The minimum atomic E-state index is 0.204. The van der Waals surface area contributed by atoms with E-state index >= 15 is 0 Å². The summed E-state index contributed by atoms with van der Waals surface area (Å²) in [6.07, 6.45) is 16.5. The first-order chi connectivity index (χ1) is 9.91. The minimum Gasteiger partial charge on any atom is -0.295 e. The minimum absolute atomic E-state index is 0.204. The molecule has 0 aromatic carbocycles. The lowest BCUT2D eigenvalue weighted by atomic mass is 9.77. The lowest BCUT2D eigenvalue weighted by molar-refractivity contribution is -0.117. The Bertz CT molecular complexity index is 291. The van der Waals surface area contributed by atoms with Crippen LogP contribution in [-0.4, -0.2) is 5.78 Å². The monoisotopic (exact) mass is 294 g/mol. The van der Waals surface area contributed by atoms with Gasteiger partial charge in [0.05, 0.1) is 0 Å². The normalized spacial score (nSPS) is 17.0. The van der Waals surface area contributed by atoms with Crippen LogP contribution >= 0.6 is 0 Å². The van der Waals surface area contributed by atoms with E-state index in [1.807, 2.05) is 6.92 Å². The number of allylic oxidation sites excluding steroid dienone is 2. The van der Waals surface area contributed by atoms with Crippen LogP contribution < -0.4 is 0 Å². The van der Waals surface area contributed by atoms with Gasteiger partial charge in [-0.25, -0.2) is 0 Å². The zero-order chi connectivity index (χ0) is 16.1. The number of hydrogen-bond acceptors (Lipinski definition) is 1. The SMILES string of the molecule is CC1=CC(=O)CC(C)(C)C1.CCCCCCCCCCC. The molecule has 0 aromatic rings. The molecule has 1 rings (SSSR count). The summed E-state index contributed by atoms with van der Waals surface area (Å²) in [6, 6.07) is 0. The molecule has 21 heavy (non-hydrogen) atoms. The van der Waals surface area contributed by atoms with Crippen LogP contribution in [0.5, 0.6) is 0 Å². The number of carbonyl (C=O) groups is 1. The molecule has 0 saturated carbocycles. The van der Waals surface area contributed by atoms with E-state index in [0.717, 1.165) is 6.42 Å². The number of unbranched alkanes of at least 4 members (excludes halogenated alkanes) is 8. The molecule has 0 bridgehead atoms. The van der Waals surface area contributed by atoms with E-state index in [2.05, 4.69) is 27.7 Å². The number of carbonyl (C=O) groups excluding carboxylic acids is 1. The fourth-order valence-electron chi connectivity index (χ4n) is 3.05. The molecule has 0 fully saturated rings. The molecule has 1 aliphatic rings. The Balaban J connectivity index is 0.000000382. The first-order valence-corrected chi connectivity index (χ1v) is 9.11. The van der Waals surface area contributed by atoms with Crippen LogP contribution in [0.2, 0.25) is 0 Å². The predicted molar refractivity (Wildman–Crippen MR) is 94.7 cm³/mol. The van der Waals surface area contributed by atoms with Crippen LogP contribution in [-0.2, 0) is 4.79 Å². The molecular formula is C20H38O. The van der Waals surface area contributed by atoms with E-state index in [4.69, 9.17) is 0 Å². The Morgan fingerprint density at radius 3 is 1.62 bits per heavy atom. The Hall–Kier alpha value is -0.590. The molecule has 0 spiro atoms. The van der Waals surface area contributed by atoms with E-state index in [1.165, 1.54) is 63.4 Å². The molecule has 0 aromatic heterocycles. The largest absolute Gasteiger partial charge is 0.295 e. The molecule has 0 atom stereocenters. The first kappa shape index (κ1) is 20.4. The third-order valence-corrected chi connectivity index (χ3v) is 4.02. The molecule has 0 unspecified atom stereocenters. The second-order valence-electron chi connectivity index (χ2n) is 7.45. The Labute approximate surface area is 133 Å². The summed E-state index contributed by atoms with van der Waals surface area (Å²) >= 11 is 0. The molecule has 124 valence electrons. The van der Waals surface area contributed by atoms with Crippen LogP contribution in [0.25, 0.3) is 0 Å². The highest BCUT2D eigenvalue weighted by molar-refractivity contribution is 5.91. The smallest absolute Gasteiger partial charge is 0.156 e. The number of ketones is 1. The van der Waals surface area contributed by atoms with Crippen molar-refractivity contribution in [1.82, 2.24) is 0 Å². The maximum atomic E-state index is 11.0. The number of rotatable bonds is 8. The zero-order valence-corrected chi connectivity index (χ0v) is 15.3. The highest BCUT2D eigenvalue weighted by atomic mass is 16.1. The van der Waals surface area contributed by atoms with Crippen LogP contribution in [0, 0.1) is 5.41 Å². The van der Waals surface area contributed by atoms with Crippen LogP contribution in [0.4, 0.5) is 0 Å². The summed E-state index contributed by atoms with van der Waals surface area (Å²) in [6.45, 7) is 10.9. The zero-order valence-electron chi connectivity index (χ0n) is 15.3. The molecule has 0 N–H and O–H groups in total. The summed E-state index contributed by atoms with van der Waals surface area (Å²) in [5, 5.41) is 0. The van der Waals surface area contributed by atoms with Crippen LogP contribution in [0.15, 0.2) is 11.6 Å². The van der Waals surface area contributed by atoms with Crippen molar-refractivity contribution in [1.29, 1.82) is 0 Å². The van der Waals surface area contributed by atoms with Gasteiger partial charge in [0.1, 0.15) is 0 Å². The quantitative estimate of drug-likeness (QED) is 0.447. The fourth-order valence-corrected chi connectivity index (χ4v) is 3.05. The van der Waals surface area contributed by atoms with Gasteiger partial charge in [-0.05, 0) is 24.8 Å². The Morgan fingerprint density at radius 2 is 1.29 bits per heavy atom. The topological polar surface area (TPSA) is 17.1 Å².